The fourth-order valence-electron chi connectivity index (χ4n) is 2.60. The van der Waals surface area contributed by atoms with Crippen LogP contribution in [0.15, 0.2) is 30.5 Å². The molecule has 1 aromatic heterocycles. The molecule has 2 N–H and O–H groups in total. The molecular formula is C15H17ClN2O2. The molecule has 0 saturated carbocycles. The molecular weight excluding hydrogens is 276 g/mol. The molecule has 1 saturated heterocycles. The lowest BCUT2D eigenvalue weighted by molar-refractivity contribution is 0.0380. The van der Waals surface area contributed by atoms with E-state index in [0.29, 0.717) is 18.2 Å². The molecule has 0 unspecified atom stereocenters. The lowest BCUT2D eigenvalue weighted by Gasteiger charge is -2.37. The van der Waals surface area contributed by atoms with Gasteiger partial charge in [-0.2, -0.15) is 0 Å². The molecule has 1 aliphatic heterocycles. The summed E-state index contributed by atoms with van der Waals surface area (Å²) in [6, 6.07) is 7.59. The molecule has 2 aromatic rings. The fraction of sp³-hybridized carbons (Fsp3) is 0.400. The van der Waals surface area contributed by atoms with E-state index in [1.165, 1.54) is 0 Å². The van der Waals surface area contributed by atoms with Gasteiger partial charge in [-0.1, -0.05) is 11.6 Å². The van der Waals surface area contributed by atoms with Gasteiger partial charge in [0.1, 0.15) is 0 Å². The van der Waals surface area contributed by atoms with Crippen LogP contribution in [0.25, 0.3) is 10.9 Å². The molecule has 0 spiro atoms. The van der Waals surface area contributed by atoms with E-state index in [4.69, 9.17) is 16.3 Å². The summed E-state index contributed by atoms with van der Waals surface area (Å²) in [5, 5.41) is 14.9. The number of ether oxygens (including phenoxy) is 1. The van der Waals surface area contributed by atoms with Gasteiger partial charge in [0.05, 0.1) is 17.7 Å². The van der Waals surface area contributed by atoms with Crippen molar-refractivity contribution in [1.29, 1.82) is 0 Å². The summed E-state index contributed by atoms with van der Waals surface area (Å²) in [5.41, 5.74) is 1.51. The van der Waals surface area contributed by atoms with Crippen molar-refractivity contribution in [2.75, 3.05) is 25.1 Å². The first-order valence-electron chi connectivity index (χ1n) is 6.74. The molecule has 106 valence electrons. The molecule has 1 aromatic carbocycles. The van der Waals surface area contributed by atoms with E-state index in [9.17, 15) is 5.11 Å². The summed E-state index contributed by atoms with van der Waals surface area (Å²) in [4.78, 5) is 4.33. The number of aromatic nitrogens is 1. The Morgan fingerprint density at radius 1 is 1.30 bits per heavy atom. The number of fused-ring (bicyclic) bond motifs is 1. The first kappa shape index (κ1) is 13.6. The highest BCUT2D eigenvalue weighted by atomic mass is 35.5. The summed E-state index contributed by atoms with van der Waals surface area (Å²) in [5.74, 6) is 0. The molecule has 5 heteroatoms. The van der Waals surface area contributed by atoms with E-state index in [-0.39, 0.29) is 12.1 Å². The first-order valence-corrected chi connectivity index (χ1v) is 7.11. The number of hydrogen-bond donors (Lipinski definition) is 2. The third-order valence-corrected chi connectivity index (χ3v) is 4.09. The van der Waals surface area contributed by atoms with Crippen LogP contribution < -0.4 is 5.32 Å². The molecule has 0 bridgehead atoms. The van der Waals surface area contributed by atoms with Crippen molar-refractivity contribution < 1.29 is 9.84 Å². The topological polar surface area (TPSA) is 54.4 Å². The Kier molecular flexibility index (Phi) is 3.78. The van der Waals surface area contributed by atoms with Crippen molar-refractivity contribution in [3.8, 4) is 0 Å². The van der Waals surface area contributed by atoms with Crippen LogP contribution >= 0.6 is 11.6 Å². The standard InChI is InChI=1S/C15H17ClN2O2/c16-11-1-2-12-13(3-6-17-14(12)9-11)18-15(10-19)4-7-20-8-5-15/h1-3,6,9,19H,4-5,7-8,10H2,(H,17,18). The summed E-state index contributed by atoms with van der Waals surface area (Å²) in [7, 11) is 0. The van der Waals surface area contributed by atoms with Crippen molar-refractivity contribution in [3.63, 3.8) is 0 Å². The van der Waals surface area contributed by atoms with E-state index >= 15 is 0 Å². The first-order chi connectivity index (χ1) is 9.72. The molecule has 0 atom stereocenters. The van der Waals surface area contributed by atoms with Gasteiger partial charge in [0, 0.05) is 35.5 Å². The van der Waals surface area contributed by atoms with Gasteiger partial charge in [-0.15, -0.1) is 0 Å². The smallest absolute Gasteiger partial charge is 0.0737 e. The van der Waals surface area contributed by atoms with Crippen LogP contribution in [0.5, 0.6) is 0 Å². The van der Waals surface area contributed by atoms with E-state index in [1.807, 2.05) is 24.3 Å². The summed E-state index contributed by atoms with van der Waals surface area (Å²) < 4.78 is 5.39. The zero-order valence-electron chi connectivity index (χ0n) is 11.1. The number of nitrogens with zero attached hydrogens (tertiary/aromatic N) is 1. The number of aliphatic hydroxyl groups excluding tert-OH is 1. The van der Waals surface area contributed by atoms with Crippen molar-refractivity contribution >= 4 is 28.2 Å². The van der Waals surface area contributed by atoms with Crippen LogP contribution in [0.2, 0.25) is 5.02 Å². The minimum Gasteiger partial charge on any atom is -0.394 e. The Morgan fingerprint density at radius 3 is 2.85 bits per heavy atom. The maximum atomic E-state index is 9.76. The van der Waals surface area contributed by atoms with Gasteiger partial charge in [0.25, 0.3) is 0 Å². The van der Waals surface area contributed by atoms with Crippen molar-refractivity contribution in [2.24, 2.45) is 0 Å². The number of anilines is 1. The molecule has 0 radical (unpaired) electrons. The quantitative estimate of drug-likeness (QED) is 0.913. The minimum atomic E-state index is -0.313. The van der Waals surface area contributed by atoms with Gasteiger partial charge in [-0.3, -0.25) is 4.98 Å². The molecule has 1 aliphatic rings. The zero-order chi connectivity index (χ0) is 14.0. The van der Waals surface area contributed by atoms with Crippen LogP contribution in [0.1, 0.15) is 12.8 Å². The third-order valence-electron chi connectivity index (χ3n) is 3.86. The number of benzene rings is 1. The second-order valence-corrected chi connectivity index (χ2v) is 5.63. The monoisotopic (exact) mass is 292 g/mol. The Labute approximate surface area is 122 Å². The lowest BCUT2D eigenvalue weighted by atomic mass is 9.90. The normalized spacial score (nSPS) is 18.1. The highest BCUT2D eigenvalue weighted by Crippen LogP contribution is 2.30. The lowest BCUT2D eigenvalue weighted by Crippen LogP contribution is -2.46. The van der Waals surface area contributed by atoms with Crippen molar-refractivity contribution in [2.45, 2.75) is 18.4 Å². The van der Waals surface area contributed by atoms with E-state index in [0.717, 1.165) is 29.4 Å². The maximum Gasteiger partial charge on any atom is 0.0737 e. The van der Waals surface area contributed by atoms with Crippen molar-refractivity contribution in [3.05, 3.63) is 35.5 Å². The fourth-order valence-corrected chi connectivity index (χ4v) is 2.77. The molecule has 0 aliphatic carbocycles. The molecule has 2 heterocycles. The van der Waals surface area contributed by atoms with E-state index < -0.39 is 0 Å². The average Bonchev–Trinajstić information content (AvgIpc) is 2.48. The summed E-state index contributed by atoms with van der Waals surface area (Å²) in [6.07, 6.45) is 3.34. The van der Waals surface area contributed by atoms with Gasteiger partial charge in [-0.05, 0) is 37.1 Å². The molecule has 4 nitrogen and oxygen atoms in total. The van der Waals surface area contributed by atoms with Crippen molar-refractivity contribution in [1.82, 2.24) is 4.98 Å². The highest BCUT2D eigenvalue weighted by molar-refractivity contribution is 6.31. The van der Waals surface area contributed by atoms with Gasteiger partial charge < -0.3 is 15.2 Å². The number of halogens is 1. The Bertz CT molecular complexity index is 612. The number of rotatable bonds is 3. The Hall–Kier alpha value is -1.36. The van der Waals surface area contributed by atoms with Crippen LogP contribution in [0.4, 0.5) is 5.69 Å². The van der Waals surface area contributed by atoms with Gasteiger partial charge >= 0.3 is 0 Å². The second kappa shape index (κ2) is 5.56. The molecule has 0 amide bonds. The summed E-state index contributed by atoms with van der Waals surface area (Å²) >= 11 is 6.00. The number of aliphatic hydroxyl groups is 1. The third kappa shape index (κ3) is 2.59. The average molecular weight is 293 g/mol. The molecule has 1 fully saturated rings. The largest absolute Gasteiger partial charge is 0.394 e. The predicted molar refractivity (Wildman–Crippen MR) is 80.2 cm³/mol. The van der Waals surface area contributed by atoms with E-state index in [1.54, 1.807) is 6.20 Å². The minimum absolute atomic E-state index is 0.0910. The van der Waals surface area contributed by atoms with Gasteiger partial charge in [-0.25, -0.2) is 0 Å². The van der Waals surface area contributed by atoms with Crippen LogP contribution in [0, 0.1) is 0 Å². The van der Waals surface area contributed by atoms with Crippen LogP contribution in [-0.2, 0) is 4.74 Å². The molecule has 3 rings (SSSR count). The SMILES string of the molecule is OCC1(Nc2ccnc3cc(Cl)ccc23)CCOCC1. The Morgan fingerprint density at radius 2 is 2.10 bits per heavy atom. The zero-order valence-corrected chi connectivity index (χ0v) is 11.9. The summed E-state index contributed by atoms with van der Waals surface area (Å²) in [6.45, 7) is 1.43. The number of pyridine rings is 1. The van der Waals surface area contributed by atoms with Gasteiger partial charge in [0.2, 0.25) is 0 Å². The van der Waals surface area contributed by atoms with Crippen LogP contribution in [0.3, 0.4) is 0 Å². The number of hydrogen-bond acceptors (Lipinski definition) is 4. The van der Waals surface area contributed by atoms with E-state index in [2.05, 4.69) is 10.3 Å². The molecule has 20 heavy (non-hydrogen) atoms. The highest BCUT2D eigenvalue weighted by Gasteiger charge is 2.32. The maximum absolute atomic E-state index is 9.76. The van der Waals surface area contributed by atoms with Crippen LogP contribution in [-0.4, -0.2) is 35.5 Å². The Balaban J connectivity index is 1.97. The predicted octanol–water partition coefficient (Wildman–Crippen LogP) is 2.84. The van der Waals surface area contributed by atoms with Gasteiger partial charge in [0.15, 0.2) is 0 Å². The number of nitrogens with one attached hydrogen (secondary N) is 1. The second-order valence-electron chi connectivity index (χ2n) is 5.20.